The molecule has 0 saturated heterocycles. The van der Waals surface area contributed by atoms with Crippen LogP contribution in [0.4, 0.5) is 0 Å². The zero-order valence-corrected chi connectivity index (χ0v) is 7.16. The Hall–Kier alpha value is 0.102. The molecule has 0 bridgehead atoms. The predicted molar refractivity (Wildman–Crippen MR) is 36.0 cm³/mol. The topological polar surface area (TPSA) is 9.23 Å². The van der Waals surface area contributed by atoms with E-state index in [0.29, 0.717) is 5.92 Å². The summed E-state index contributed by atoms with van der Waals surface area (Å²) in [7, 11) is 1.67. The summed E-state index contributed by atoms with van der Waals surface area (Å²) < 4.78 is 5.88. The summed E-state index contributed by atoms with van der Waals surface area (Å²) in [5, 5.41) is 0. The van der Waals surface area contributed by atoms with Crippen molar-refractivity contribution in [3.63, 3.8) is 0 Å². The molecule has 1 atom stereocenters. The molecule has 0 heterocycles. The molecule has 0 aromatic heterocycles. The van der Waals surface area contributed by atoms with E-state index in [-0.39, 0.29) is 0 Å². The summed E-state index contributed by atoms with van der Waals surface area (Å²) >= 11 is 2.84. The third-order valence-corrected chi connectivity index (χ3v) is 1.64. The van der Waals surface area contributed by atoms with Gasteiger partial charge in [0.25, 0.3) is 0 Å². The average molecular weight is 164 g/mol. The van der Waals surface area contributed by atoms with Gasteiger partial charge in [0.05, 0.1) is 0 Å². The fourth-order valence-electron chi connectivity index (χ4n) is 0.430. The quantitative estimate of drug-likeness (QED) is 0.572. The van der Waals surface area contributed by atoms with Crippen LogP contribution in [0.25, 0.3) is 0 Å². The summed E-state index contributed by atoms with van der Waals surface area (Å²) in [5.41, 5.74) is 0. The molecule has 0 fully saturated rings. The van der Waals surface area contributed by atoms with Crippen molar-refractivity contribution in [2.24, 2.45) is 5.92 Å². The monoisotopic (exact) mass is 164 g/mol. The van der Waals surface area contributed by atoms with Crippen LogP contribution in [0.15, 0.2) is 12.7 Å². The minimum atomic E-state index is 0.501. The minimum absolute atomic E-state index is 0.501. The fourth-order valence-corrected chi connectivity index (χ4v) is 0.840. The van der Waals surface area contributed by atoms with Crippen molar-refractivity contribution < 1.29 is 20.6 Å². The number of hydrogen-bond acceptors (Lipinski definition) is 1. The van der Waals surface area contributed by atoms with Crippen molar-refractivity contribution in [1.29, 1.82) is 0 Å². The summed E-state index contributed by atoms with van der Waals surface area (Å²) in [6.45, 7) is 5.77. The van der Waals surface area contributed by atoms with Crippen LogP contribution < -0.4 is 0 Å². The van der Waals surface area contributed by atoms with Gasteiger partial charge in [-0.1, -0.05) is 0 Å². The Bertz CT molecular complexity index is 109. The van der Waals surface area contributed by atoms with Crippen LogP contribution in [0.3, 0.4) is 0 Å². The van der Waals surface area contributed by atoms with Gasteiger partial charge in [-0.2, -0.15) is 0 Å². The number of ether oxygens (including phenoxy) is 1. The molecular weight excluding hydrogens is 152 g/mol. The molecule has 0 aliphatic rings. The summed E-state index contributed by atoms with van der Waals surface area (Å²) in [6.07, 6.45) is 2.84. The van der Waals surface area contributed by atoms with E-state index < -0.39 is 0 Å². The molecule has 0 aromatic rings. The summed E-state index contributed by atoms with van der Waals surface area (Å²) in [5.74, 6) is 0.501. The van der Waals surface area contributed by atoms with E-state index in [1.165, 1.54) is 0 Å². The van der Waals surface area contributed by atoms with Gasteiger partial charge in [0, 0.05) is 0 Å². The maximum atomic E-state index is 4.94. The fraction of sp³-hybridized carbons (Fsp3) is 0.571. The molecule has 0 aromatic carbocycles. The second-order valence-electron chi connectivity index (χ2n) is 1.99. The maximum absolute atomic E-state index is 4.94. The van der Waals surface area contributed by atoms with E-state index in [9.17, 15) is 0 Å². The molecular formula is C7H12CrO. The van der Waals surface area contributed by atoms with Crippen molar-refractivity contribution in [2.45, 2.75) is 13.3 Å². The first-order valence-electron chi connectivity index (χ1n) is 2.90. The van der Waals surface area contributed by atoms with Gasteiger partial charge in [0.2, 0.25) is 0 Å². The van der Waals surface area contributed by atoms with Gasteiger partial charge in [-0.05, 0) is 0 Å². The summed E-state index contributed by atoms with van der Waals surface area (Å²) in [6, 6.07) is 0. The average Bonchev–Trinajstić information content (AvgIpc) is 1.87. The van der Waals surface area contributed by atoms with E-state index in [1.54, 1.807) is 7.11 Å². The van der Waals surface area contributed by atoms with Crippen LogP contribution in [0.5, 0.6) is 0 Å². The molecule has 0 aliphatic heterocycles. The summed E-state index contributed by atoms with van der Waals surface area (Å²) in [4.78, 5) is 0. The van der Waals surface area contributed by atoms with Gasteiger partial charge in [-0.3, -0.25) is 0 Å². The molecule has 1 nitrogen and oxygen atoms in total. The van der Waals surface area contributed by atoms with Crippen molar-refractivity contribution in [1.82, 2.24) is 0 Å². The zero-order chi connectivity index (χ0) is 7.28. The van der Waals surface area contributed by atoms with E-state index in [2.05, 4.69) is 29.4 Å². The van der Waals surface area contributed by atoms with E-state index >= 15 is 0 Å². The Kier molecular flexibility index (Phi) is 4.99. The van der Waals surface area contributed by atoms with Crippen LogP contribution in [-0.4, -0.2) is 11.7 Å². The zero-order valence-electron chi connectivity index (χ0n) is 5.89. The van der Waals surface area contributed by atoms with Gasteiger partial charge < -0.3 is 0 Å². The number of hydrogen-bond donors (Lipinski definition) is 0. The number of rotatable bonds is 4. The Morgan fingerprint density at radius 2 is 2.44 bits per heavy atom. The van der Waals surface area contributed by atoms with Crippen LogP contribution in [0.1, 0.15) is 13.3 Å². The van der Waals surface area contributed by atoms with Gasteiger partial charge in [0.1, 0.15) is 0 Å². The normalized spacial score (nSPS) is 12.7. The number of allylic oxidation sites excluding steroid dienone is 1. The third-order valence-electron chi connectivity index (χ3n) is 1.12. The van der Waals surface area contributed by atoms with Gasteiger partial charge >= 0.3 is 64.2 Å². The Morgan fingerprint density at radius 3 is 2.78 bits per heavy atom. The number of methoxy groups -OCH3 is 1. The first kappa shape index (κ1) is 9.10. The third kappa shape index (κ3) is 4.60. The van der Waals surface area contributed by atoms with E-state index in [0.717, 1.165) is 11.0 Å². The first-order chi connectivity index (χ1) is 4.20. The van der Waals surface area contributed by atoms with Crippen molar-refractivity contribution in [2.75, 3.05) is 7.11 Å². The van der Waals surface area contributed by atoms with E-state index in [1.807, 2.05) is 6.08 Å². The second-order valence-corrected chi connectivity index (χ2v) is 2.70. The molecule has 0 saturated carbocycles. The molecule has 9 heavy (non-hydrogen) atoms. The van der Waals surface area contributed by atoms with Crippen molar-refractivity contribution in [3.8, 4) is 0 Å². The Balaban J connectivity index is 3.46. The predicted octanol–water partition coefficient (Wildman–Crippen LogP) is 1.52. The molecule has 1 unspecified atom stereocenters. The molecule has 52 valence electrons. The second kappa shape index (κ2) is 4.93. The van der Waals surface area contributed by atoms with Gasteiger partial charge in [-0.25, -0.2) is 0 Å². The Morgan fingerprint density at radius 1 is 1.89 bits per heavy atom. The molecule has 2 heteroatoms. The molecule has 0 radical (unpaired) electrons. The molecule has 0 amide bonds. The molecule has 0 aliphatic carbocycles. The SMILES string of the molecule is C=CC(C)C[C](=[Cr])OC. The molecule has 0 N–H and O–H groups in total. The van der Waals surface area contributed by atoms with Gasteiger partial charge in [0.15, 0.2) is 0 Å². The van der Waals surface area contributed by atoms with Crippen molar-refractivity contribution >= 4 is 4.57 Å². The van der Waals surface area contributed by atoms with Crippen LogP contribution in [0, 0.1) is 5.92 Å². The van der Waals surface area contributed by atoms with Crippen LogP contribution in [0.2, 0.25) is 0 Å². The first-order valence-corrected chi connectivity index (χ1v) is 3.53. The standard InChI is InChI=1S/C7H12O.Cr/c1-4-7(2)5-6-8-3;/h4,7H,1,5H2,2-3H3;. The van der Waals surface area contributed by atoms with Crippen molar-refractivity contribution in [3.05, 3.63) is 12.7 Å². The van der Waals surface area contributed by atoms with E-state index in [4.69, 9.17) is 4.74 Å². The van der Waals surface area contributed by atoms with Gasteiger partial charge in [-0.15, -0.1) is 0 Å². The Labute approximate surface area is 64.7 Å². The molecule has 0 rings (SSSR count). The van der Waals surface area contributed by atoms with Crippen LogP contribution in [-0.2, 0) is 20.6 Å². The van der Waals surface area contributed by atoms with Crippen LogP contribution >= 0.6 is 0 Å². The molecule has 0 spiro atoms.